The van der Waals surface area contributed by atoms with Gasteiger partial charge in [0.2, 0.25) is 11.8 Å². The Morgan fingerprint density at radius 2 is 1.90 bits per heavy atom. The molecular formula is C22H24ClN5O3. The Morgan fingerprint density at radius 3 is 2.65 bits per heavy atom. The summed E-state index contributed by atoms with van der Waals surface area (Å²) in [6, 6.07) is 11.2. The monoisotopic (exact) mass is 441 g/mol. The molecule has 8 nitrogen and oxygen atoms in total. The van der Waals surface area contributed by atoms with Gasteiger partial charge in [-0.05, 0) is 36.4 Å². The highest BCUT2D eigenvalue weighted by atomic mass is 35.5. The first-order chi connectivity index (χ1) is 15.1. The second-order valence-corrected chi connectivity index (χ2v) is 7.67. The van der Waals surface area contributed by atoms with E-state index in [1.54, 1.807) is 19.5 Å². The predicted octanol–water partition coefficient (Wildman–Crippen LogP) is 2.84. The number of nitrogens with zero attached hydrogens (tertiary/aromatic N) is 4. The first-order valence-corrected chi connectivity index (χ1v) is 10.4. The molecule has 1 amide bonds. The zero-order valence-electron chi connectivity index (χ0n) is 17.3. The molecule has 1 aromatic carbocycles. The summed E-state index contributed by atoms with van der Waals surface area (Å²) in [5.74, 6) is 2.71. The van der Waals surface area contributed by atoms with Crippen molar-refractivity contribution in [1.29, 1.82) is 0 Å². The normalized spacial score (nSPS) is 14.5. The summed E-state index contributed by atoms with van der Waals surface area (Å²) in [5.41, 5.74) is 0.945. The van der Waals surface area contributed by atoms with Gasteiger partial charge in [-0.15, -0.1) is 0 Å². The van der Waals surface area contributed by atoms with E-state index < -0.39 is 0 Å². The van der Waals surface area contributed by atoms with Crippen LogP contribution < -0.4 is 15.0 Å². The number of anilines is 1. The summed E-state index contributed by atoms with van der Waals surface area (Å²) >= 11 is 5.92. The van der Waals surface area contributed by atoms with Gasteiger partial charge in [-0.1, -0.05) is 11.6 Å². The highest BCUT2D eigenvalue weighted by molar-refractivity contribution is 6.30. The van der Waals surface area contributed by atoms with Crippen molar-refractivity contribution in [3.8, 4) is 17.2 Å². The molecule has 2 aromatic heterocycles. The lowest BCUT2D eigenvalue weighted by Crippen LogP contribution is -2.49. The standard InChI is InChI=1S/C22H24ClN5O3/c1-30-22-14-24-13-20(26-22)28-10-8-27(9-11-28)15-21(29)25-12-18-6-7-19(31-18)16-2-4-17(23)5-3-16/h2-7,13-14H,8-12,15H2,1H3,(H,25,29). The zero-order chi connectivity index (χ0) is 21.6. The maximum atomic E-state index is 12.4. The number of aromatic nitrogens is 2. The number of methoxy groups -OCH3 is 1. The minimum absolute atomic E-state index is 0.0286. The Bertz CT molecular complexity index is 1020. The highest BCUT2D eigenvalue weighted by Crippen LogP contribution is 2.23. The number of halogens is 1. The maximum Gasteiger partial charge on any atom is 0.234 e. The Morgan fingerprint density at radius 1 is 1.13 bits per heavy atom. The summed E-state index contributed by atoms with van der Waals surface area (Å²) < 4.78 is 11.0. The fourth-order valence-electron chi connectivity index (χ4n) is 3.41. The lowest BCUT2D eigenvalue weighted by Gasteiger charge is -2.34. The number of piperazine rings is 1. The van der Waals surface area contributed by atoms with Crippen LogP contribution in [-0.4, -0.2) is 60.6 Å². The lowest BCUT2D eigenvalue weighted by molar-refractivity contribution is -0.122. The molecule has 0 saturated carbocycles. The van der Waals surface area contributed by atoms with Crippen LogP contribution in [0, 0.1) is 0 Å². The molecular weight excluding hydrogens is 418 g/mol. The minimum atomic E-state index is -0.0286. The second kappa shape index (κ2) is 9.80. The number of hydrogen-bond donors (Lipinski definition) is 1. The van der Waals surface area contributed by atoms with Gasteiger partial charge in [0.1, 0.15) is 11.5 Å². The number of carbonyl (C=O) groups excluding carboxylic acids is 1. The second-order valence-electron chi connectivity index (χ2n) is 7.23. The van der Waals surface area contributed by atoms with Crippen molar-refractivity contribution < 1.29 is 13.9 Å². The summed E-state index contributed by atoms with van der Waals surface area (Å²) in [5, 5.41) is 3.61. The predicted molar refractivity (Wildman–Crippen MR) is 118 cm³/mol. The van der Waals surface area contributed by atoms with Crippen LogP contribution in [0.2, 0.25) is 5.02 Å². The molecule has 3 aromatic rings. The number of nitrogens with one attached hydrogen (secondary N) is 1. The van der Waals surface area contributed by atoms with Crippen LogP contribution in [0.25, 0.3) is 11.3 Å². The van der Waals surface area contributed by atoms with Crippen molar-refractivity contribution in [2.45, 2.75) is 6.54 Å². The molecule has 0 unspecified atom stereocenters. The van der Waals surface area contributed by atoms with Gasteiger partial charge in [0.25, 0.3) is 0 Å². The Balaban J connectivity index is 1.22. The van der Waals surface area contributed by atoms with E-state index in [0.29, 0.717) is 29.8 Å². The Kier molecular flexibility index (Phi) is 6.69. The van der Waals surface area contributed by atoms with E-state index in [-0.39, 0.29) is 5.91 Å². The zero-order valence-corrected chi connectivity index (χ0v) is 18.0. The molecule has 0 atom stereocenters. The topological polar surface area (TPSA) is 83.7 Å². The summed E-state index contributed by atoms with van der Waals surface area (Å²) in [6.45, 7) is 3.80. The molecule has 1 aliphatic heterocycles. The van der Waals surface area contributed by atoms with Crippen molar-refractivity contribution in [3.05, 3.63) is 59.6 Å². The fraction of sp³-hybridized carbons (Fsp3) is 0.318. The van der Waals surface area contributed by atoms with Gasteiger partial charge in [-0.25, -0.2) is 0 Å². The van der Waals surface area contributed by atoms with Gasteiger partial charge in [0.15, 0.2) is 5.82 Å². The molecule has 3 heterocycles. The van der Waals surface area contributed by atoms with Crippen LogP contribution in [0.15, 0.2) is 53.2 Å². The number of rotatable bonds is 7. The van der Waals surface area contributed by atoms with E-state index >= 15 is 0 Å². The largest absolute Gasteiger partial charge is 0.480 e. The molecule has 31 heavy (non-hydrogen) atoms. The molecule has 9 heteroatoms. The van der Waals surface area contributed by atoms with Crippen LogP contribution in [-0.2, 0) is 11.3 Å². The quantitative estimate of drug-likeness (QED) is 0.603. The van der Waals surface area contributed by atoms with Gasteiger partial charge in [-0.3, -0.25) is 14.7 Å². The molecule has 1 fully saturated rings. The maximum absolute atomic E-state index is 12.4. The molecule has 0 radical (unpaired) electrons. The van der Waals surface area contributed by atoms with Crippen molar-refractivity contribution in [2.24, 2.45) is 0 Å². The number of amides is 1. The van der Waals surface area contributed by atoms with Crippen molar-refractivity contribution in [1.82, 2.24) is 20.2 Å². The van der Waals surface area contributed by atoms with Gasteiger partial charge in [-0.2, -0.15) is 4.98 Å². The first-order valence-electron chi connectivity index (χ1n) is 10.1. The molecule has 0 spiro atoms. The summed E-state index contributed by atoms with van der Waals surface area (Å²) in [4.78, 5) is 25.2. The highest BCUT2D eigenvalue weighted by Gasteiger charge is 2.20. The first kappa shape index (κ1) is 21.1. The number of ether oxygens (including phenoxy) is 1. The van der Waals surface area contributed by atoms with Crippen LogP contribution >= 0.6 is 11.6 Å². The lowest BCUT2D eigenvalue weighted by atomic mass is 10.2. The average molecular weight is 442 g/mol. The van der Waals surface area contributed by atoms with Crippen molar-refractivity contribution in [2.75, 3.05) is 44.7 Å². The molecule has 0 aliphatic carbocycles. The van der Waals surface area contributed by atoms with Gasteiger partial charge in [0, 0.05) is 36.8 Å². The van der Waals surface area contributed by atoms with E-state index in [0.717, 1.165) is 43.3 Å². The number of benzene rings is 1. The van der Waals surface area contributed by atoms with Crippen molar-refractivity contribution >= 4 is 23.3 Å². The van der Waals surface area contributed by atoms with Gasteiger partial charge < -0.3 is 19.4 Å². The molecule has 162 valence electrons. The SMILES string of the molecule is COc1cncc(N2CCN(CC(=O)NCc3ccc(-c4ccc(Cl)cc4)o3)CC2)n1. The number of carbonyl (C=O) groups is 1. The molecule has 1 saturated heterocycles. The van der Waals surface area contributed by atoms with Crippen LogP contribution in [0.1, 0.15) is 5.76 Å². The third-order valence-corrected chi connectivity index (χ3v) is 5.37. The average Bonchev–Trinajstić information content (AvgIpc) is 3.28. The van der Waals surface area contributed by atoms with Gasteiger partial charge >= 0.3 is 0 Å². The Labute approximate surface area is 185 Å². The van der Waals surface area contributed by atoms with Crippen molar-refractivity contribution in [3.63, 3.8) is 0 Å². The van der Waals surface area contributed by atoms with E-state index in [2.05, 4.69) is 25.1 Å². The minimum Gasteiger partial charge on any atom is -0.480 e. The molecule has 1 N–H and O–H groups in total. The smallest absolute Gasteiger partial charge is 0.234 e. The third kappa shape index (κ3) is 5.53. The van der Waals surface area contributed by atoms with Crippen LogP contribution in [0.5, 0.6) is 5.88 Å². The summed E-state index contributed by atoms with van der Waals surface area (Å²) in [6.07, 6.45) is 3.31. The van der Waals surface area contributed by atoms with Crippen LogP contribution in [0.3, 0.4) is 0 Å². The van der Waals surface area contributed by atoms with E-state index in [1.807, 2.05) is 36.4 Å². The molecule has 0 bridgehead atoms. The van der Waals surface area contributed by atoms with Gasteiger partial charge in [0.05, 0.1) is 32.6 Å². The number of furan rings is 1. The van der Waals surface area contributed by atoms with E-state index in [1.165, 1.54) is 0 Å². The molecule has 1 aliphatic rings. The van der Waals surface area contributed by atoms with Crippen LogP contribution in [0.4, 0.5) is 5.82 Å². The third-order valence-electron chi connectivity index (χ3n) is 5.12. The Hall–Kier alpha value is -3.10. The fourth-order valence-corrected chi connectivity index (χ4v) is 3.54. The number of hydrogen-bond acceptors (Lipinski definition) is 7. The summed E-state index contributed by atoms with van der Waals surface area (Å²) in [7, 11) is 1.57. The van der Waals surface area contributed by atoms with E-state index in [9.17, 15) is 4.79 Å². The van der Waals surface area contributed by atoms with E-state index in [4.69, 9.17) is 20.8 Å². The molecule has 4 rings (SSSR count).